The van der Waals surface area contributed by atoms with E-state index in [9.17, 15) is 26.7 Å². The Hall–Kier alpha value is -2.23. The molecule has 0 aliphatic heterocycles. The normalized spacial score (nSPS) is 12.4. The molecule has 2 rings (SSSR count). The predicted octanol–water partition coefficient (Wildman–Crippen LogP) is 2.51. The number of aromatic nitrogens is 2. The summed E-state index contributed by atoms with van der Waals surface area (Å²) in [6.07, 6.45) is -2.93. The molecule has 126 valence electrons. The molecule has 0 fully saturated rings. The van der Waals surface area contributed by atoms with Crippen LogP contribution in [0.1, 0.15) is 18.2 Å². The minimum Gasteiger partial charge on any atom is -0.508 e. The van der Waals surface area contributed by atoms with Gasteiger partial charge in [0.25, 0.3) is 10.0 Å². The molecule has 0 bridgehead atoms. The van der Waals surface area contributed by atoms with Crippen LogP contribution in [0.15, 0.2) is 29.3 Å². The molecule has 10 heteroatoms. The Bertz CT molecular complexity index is 829. The molecule has 1 aromatic heterocycles. The fourth-order valence-corrected chi connectivity index (χ4v) is 3.12. The summed E-state index contributed by atoms with van der Waals surface area (Å²) in [5, 5.41) is 13.4. The first-order chi connectivity index (χ1) is 10.5. The van der Waals surface area contributed by atoms with Crippen LogP contribution in [0.3, 0.4) is 0 Å². The lowest BCUT2D eigenvalue weighted by molar-refractivity contribution is -0.137. The molecular weight excluding hydrogens is 335 g/mol. The fraction of sp³-hybridized carbons (Fsp3) is 0.308. The highest BCUT2D eigenvalue weighted by Gasteiger charge is 2.33. The van der Waals surface area contributed by atoms with Crippen LogP contribution in [0.25, 0.3) is 0 Å². The summed E-state index contributed by atoms with van der Waals surface area (Å²) >= 11 is 0. The number of benzene rings is 1. The zero-order valence-corrected chi connectivity index (χ0v) is 13.0. The second kappa shape index (κ2) is 5.76. The van der Waals surface area contributed by atoms with Crippen LogP contribution in [0.2, 0.25) is 0 Å². The zero-order chi connectivity index (χ0) is 17.4. The highest BCUT2D eigenvalue weighted by Crippen LogP contribution is 2.34. The first-order valence-corrected chi connectivity index (χ1v) is 7.98. The van der Waals surface area contributed by atoms with Gasteiger partial charge in [0.1, 0.15) is 5.75 Å². The SMILES string of the molecule is CCc1nn(C)cc1NS(=O)(=O)c1cc(O)cc(C(F)(F)F)c1. The number of phenols is 1. The lowest BCUT2D eigenvalue weighted by atomic mass is 10.2. The maximum atomic E-state index is 12.7. The molecule has 1 heterocycles. The van der Waals surface area contributed by atoms with E-state index in [1.807, 2.05) is 0 Å². The van der Waals surface area contributed by atoms with Gasteiger partial charge in [0, 0.05) is 19.3 Å². The van der Waals surface area contributed by atoms with Crippen molar-refractivity contribution in [2.45, 2.75) is 24.4 Å². The van der Waals surface area contributed by atoms with Crippen LogP contribution in [0, 0.1) is 0 Å². The summed E-state index contributed by atoms with van der Waals surface area (Å²) in [5.74, 6) is -0.790. The Morgan fingerprint density at radius 3 is 2.52 bits per heavy atom. The molecule has 2 N–H and O–H groups in total. The number of alkyl halides is 3. The van der Waals surface area contributed by atoms with Gasteiger partial charge >= 0.3 is 6.18 Å². The smallest absolute Gasteiger partial charge is 0.416 e. The summed E-state index contributed by atoms with van der Waals surface area (Å²) in [6.45, 7) is 1.76. The first kappa shape index (κ1) is 17.1. The van der Waals surface area contributed by atoms with Crippen LogP contribution in [-0.4, -0.2) is 23.3 Å². The van der Waals surface area contributed by atoms with Crippen molar-refractivity contribution in [1.82, 2.24) is 9.78 Å². The lowest BCUT2D eigenvalue weighted by Gasteiger charge is -2.11. The molecule has 0 radical (unpaired) electrons. The Labute approximate surface area is 130 Å². The molecule has 23 heavy (non-hydrogen) atoms. The monoisotopic (exact) mass is 349 g/mol. The maximum Gasteiger partial charge on any atom is 0.416 e. The Kier molecular flexibility index (Phi) is 4.29. The third kappa shape index (κ3) is 3.76. The van der Waals surface area contributed by atoms with E-state index in [1.54, 1.807) is 14.0 Å². The van der Waals surface area contributed by atoms with Gasteiger partial charge < -0.3 is 5.11 Å². The van der Waals surface area contributed by atoms with Gasteiger partial charge in [0.05, 0.1) is 21.8 Å². The average molecular weight is 349 g/mol. The summed E-state index contributed by atoms with van der Waals surface area (Å²) in [6, 6.07) is 1.67. The van der Waals surface area contributed by atoms with Crippen molar-refractivity contribution < 1.29 is 26.7 Å². The highest BCUT2D eigenvalue weighted by molar-refractivity contribution is 7.92. The predicted molar refractivity (Wildman–Crippen MR) is 76.5 cm³/mol. The molecule has 0 amide bonds. The Morgan fingerprint density at radius 2 is 1.96 bits per heavy atom. The number of anilines is 1. The summed E-state index contributed by atoms with van der Waals surface area (Å²) < 4.78 is 66.4. The van der Waals surface area contributed by atoms with E-state index in [2.05, 4.69) is 9.82 Å². The van der Waals surface area contributed by atoms with Crippen molar-refractivity contribution in [3.05, 3.63) is 35.7 Å². The number of nitrogens with zero attached hydrogens (tertiary/aromatic N) is 2. The molecule has 6 nitrogen and oxygen atoms in total. The average Bonchev–Trinajstić information content (AvgIpc) is 2.76. The van der Waals surface area contributed by atoms with E-state index in [4.69, 9.17) is 0 Å². The minimum absolute atomic E-state index is 0.173. The number of halogens is 3. The Balaban J connectivity index is 2.46. The third-order valence-electron chi connectivity index (χ3n) is 3.01. The summed E-state index contributed by atoms with van der Waals surface area (Å²) in [4.78, 5) is -0.685. The van der Waals surface area contributed by atoms with Crippen molar-refractivity contribution in [3.8, 4) is 5.75 Å². The highest BCUT2D eigenvalue weighted by atomic mass is 32.2. The molecule has 0 spiro atoms. The van der Waals surface area contributed by atoms with Crippen molar-refractivity contribution >= 4 is 15.7 Å². The number of aryl methyl sites for hydroxylation is 2. The molecule has 1 aromatic carbocycles. The maximum absolute atomic E-state index is 12.7. The van der Waals surface area contributed by atoms with Gasteiger partial charge in [-0.15, -0.1) is 0 Å². The lowest BCUT2D eigenvalue weighted by Crippen LogP contribution is -2.15. The van der Waals surface area contributed by atoms with E-state index < -0.39 is 32.4 Å². The number of sulfonamides is 1. The molecule has 0 aliphatic carbocycles. The fourth-order valence-electron chi connectivity index (χ4n) is 1.99. The van der Waals surface area contributed by atoms with Crippen molar-refractivity contribution in [2.75, 3.05) is 4.72 Å². The van der Waals surface area contributed by atoms with Crippen LogP contribution >= 0.6 is 0 Å². The molecule has 0 saturated carbocycles. The van der Waals surface area contributed by atoms with Crippen molar-refractivity contribution in [3.63, 3.8) is 0 Å². The largest absolute Gasteiger partial charge is 0.508 e. The van der Waals surface area contributed by atoms with Gasteiger partial charge in [-0.05, 0) is 18.6 Å². The first-order valence-electron chi connectivity index (χ1n) is 6.49. The van der Waals surface area contributed by atoms with Gasteiger partial charge in [-0.1, -0.05) is 6.92 Å². The van der Waals surface area contributed by atoms with E-state index in [0.29, 0.717) is 24.2 Å². The van der Waals surface area contributed by atoms with E-state index >= 15 is 0 Å². The molecule has 0 atom stereocenters. The van der Waals surface area contributed by atoms with Gasteiger partial charge in [0.2, 0.25) is 0 Å². The molecule has 0 saturated heterocycles. The summed E-state index contributed by atoms with van der Waals surface area (Å²) in [7, 11) is -2.71. The summed E-state index contributed by atoms with van der Waals surface area (Å²) in [5.41, 5.74) is -0.626. The quantitative estimate of drug-likeness (QED) is 0.888. The number of phenolic OH excluding ortho intramolecular Hbond substituents is 1. The zero-order valence-electron chi connectivity index (χ0n) is 12.2. The second-order valence-electron chi connectivity index (χ2n) is 4.84. The minimum atomic E-state index is -4.77. The van der Waals surface area contributed by atoms with Gasteiger partial charge in [-0.2, -0.15) is 18.3 Å². The van der Waals surface area contributed by atoms with Crippen LogP contribution < -0.4 is 4.72 Å². The van der Waals surface area contributed by atoms with E-state index in [-0.39, 0.29) is 5.69 Å². The molecule has 0 aliphatic rings. The number of aromatic hydroxyl groups is 1. The number of hydrogen-bond donors (Lipinski definition) is 2. The molecule has 0 unspecified atom stereocenters. The standard InChI is InChI=1S/C13H14F3N3O3S/c1-3-11-12(7-19(2)17-11)18-23(21,22)10-5-8(13(14,15)16)4-9(20)6-10/h4-7,18,20H,3H2,1-2H3. The number of rotatable bonds is 4. The van der Waals surface area contributed by atoms with Crippen molar-refractivity contribution in [2.24, 2.45) is 7.05 Å². The number of hydrogen-bond acceptors (Lipinski definition) is 4. The van der Waals surface area contributed by atoms with Gasteiger partial charge in [-0.25, -0.2) is 8.42 Å². The Morgan fingerprint density at radius 1 is 1.30 bits per heavy atom. The van der Waals surface area contributed by atoms with Crippen LogP contribution in [0.4, 0.5) is 18.9 Å². The van der Waals surface area contributed by atoms with Crippen LogP contribution in [-0.2, 0) is 29.7 Å². The van der Waals surface area contributed by atoms with Gasteiger partial charge in [-0.3, -0.25) is 9.40 Å². The number of nitrogens with one attached hydrogen (secondary N) is 1. The third-order valence-corrected chi connectivity index (χ3v) is 4.36. The molecular formula is C13H14F3N3O3S. The molecule has 2 aromatic rings. The van der Waals surface area contributed by atoms with Crippen molar-refractivity contribution in [1.29, 1.82) is 0 Å². The van der Waals surface area contributed by atoms with Gasteiger partial charge in [0.15, 0.2) is 0 Å². The topological polar surface area (TPSA) is 84.2 Å². The second-order valence-corrected chi connectivity index (χ2v) is 6.52. The van der Waals surface area contributed by atoms with E-state index in [0.717, 1.165) is 6.07 Å². The van der Waals surface area contributed by atoms with Crippen LogP contribution in [0.5, 0.6) is 5.75 Å². The van der Waals surface area contributed by atoms with E-state index in [1.165, 1.54) is 10.9 Å².